The smallest absolute Gasteiger partial charge is 0.160 e. The maximum atomic E-state index is 5.83. The van der Waals surface area contributed by atoms with Crippen molar-refractivity contribution >= 4 is 11.2 Å². The Morgan fingerprint density at radius 2 is 2.27 bits per heavy atom. The summed E-state index contributed by atoms with van der Waals surface area (Å²) in [6.07, 6.45) is 9.35. The fraction of sp³-hybridized carbons (Fsp3) is 0.647. The first-order valence-corrected chi connectivity index (χ1v) is 8.55. The molecule has 2 aromatic rings. The summed E-state index contributed by atoms with van der Waals surface area (Å²) in [4.78, 5) is 9.42. The van der Waals surface area contributed by atoms with Crippen LogP contribution in [-0.2, 0) is 17.7 Å². The van der Waals surface area contributed by atoms with Crippen LogP contribution in [0, 0.1) is 0 Å². The zero-order valence-electron chi connectivity index (χ0n) is 13.0. The predicted octanol–water partition coefficient (Wildman–Crippen LogP) is 2.29. The molecule has 0 aromatic carbocycles. The van der Waals surface area contributed by atoms with Gasteiger partial charge in [-0.1, -0.05) is 6.42 Å². The highest BCUT2D eigenvalue weighted by atomic mass is 16.5. The average Bonchev–Trinajstić information content (AvgIpc) is 3.18. The van der Waals surface area contributed by atoms with Crippen molar-refractivity contribution in [3.8, 4) is 0 Å². The number of nitrogens with zero attached hydrogens (tertiary/aromatic N) is 3. The van der Waals surface area contributed by atoms with Crippen molar-refractivity contribution in [2.45, 2.75) is 57.2 Å². The number of pyridine rings is 1. The van der Waals surface area contributed by atoms with E-state index in [1.165, 1.54) is 25.7 Å². The van der Waals surface area contributed by atoms with Gasteiger partial charge in [-0.15, -0.1) is 0 Å². The van der Waals surface area contributed by atoms with Gasteiger partial charge in [-0.2, -0.15) is 0 Å². The van der Waals surface area contributed by atoms with Crippen molar-refractivity contribution in [1.82, 2.24) is 19.9 Å². The molecule has 4 heterocycles. The molecule has 2 aromatic heterocycles. The van der Waals surface area contributed by atoms with E-state index in [2.05, 4.69) is 20.9 Å². The number of hydrogen-bond donors (Lipinski definition) is 1. The van der Waals surface area contributed by atoms with Crippen LogP contribution in [0.4, 0.5) is 0 Å². The summed E-state index contributed by atoms with van der Waals surface area (Å²) in [6.45, 7) is 2.91. The molecule has 0 spiro atoms. The van der Waals surface area contributed by atoms with Crippen molar-refractivity contribution in [2.24, 2.45) is 0 Å². The number of imidazole rings is 1. The Labute approximate surface area is 131 Å². The fourth-order valence-corrected chi connectivity index (χ4v) is 3.66. The maximum absolute atomic E-state index is 5.83. The first-order valence-electron chi connectivity index (χ1n) is 8.55. The van der Waals surface area contributed by atoms with Crippen molar-refractivity contribution in [3.63, 3.8) is 0 Å². The molecule has 118 valence electrons. The van der Waals surface area contributed by atoms with Gasteiger partial charge in [0.05, 0.1) is 12.6 Å². The van der Waals surface area contributed by atoms with E-state index in [-0.39, 0.29) is 0 Å². The molecule has 2 atom stereocenters. The number of aromatic nitrogens is 3. The second-order valence-electron chi connectivity index (χ2n) is 6.47. The summed E-state index contributed by atoms with van der Waals surface area (Å²) in [6, 6.07) is 4.58. The summed E-state index contributed by atoms with van der Waals surface area (Å²) in [7, 11) is 0. The molecule has 1 N–H and O–H groups in total. The van der Waals surface area contributed by atoms with Gasteiger partial charge in [0, 0.05) is 25.3 Å². The number of fused-ring (bicyclic) bond motifs is 1. The first-order chi connectivity index (χ1) is 10.9. The highest BCUT2D eigenvalue weighted by Gasteiger charge is 2.22. The monoisotopic (exact) mass is 300 g/mol. The van der Waals surface area contributed by atoms with Crippen molar-refractivity contribution in [2.75, 3.05) is 13.2 Å². The van der Waals surface area contributed by atoms with Crippen LogP contribution in [0.2, 0.25) is 0 Å². The summed E-state index contributed by atoms with van der Waals surface area (Å²) in [5, 5.41) is 3.63. The minimum absolute atomic E-state index is 0.317. The second-order valence-corrected chi connectivity index (χ2v) is 6.47. The van der Waals surface area contributed by atoms with E-state index in [0.717, 1.165) is 49.5 Å². The Hall–Kier alpha value is -1.46. The third-order valence-corrected chi connectivity index (χ3v) is 4.83. The molecule has 0 amide bonds. The Kier molecular flexibility index (Phi) is 4.08. The van der Waals surface area contributed by atoms with Gasteiger partial charge in [0.2, 0.25) is 0 Å². The lowest BCUT2D eigenvalue weighted by Crippen LogP contribution is -2.36. The predicted molar refractivity (Wildman–Crippen MR) is 85.8 cm³/mol. The van der Waals surface area contributed by atoms with Crippen molar-refractivity contribution < 1.29 is 4.74 Å². The van der Waals surface area contributed by atoms with Crippen LogP contribution in [0.3, 0.4) is 0 Å². The largest absolute Gasteiger partial charge is 0.376 e. The number of ether oxygens (including phenoxy) is 1. The maximum Gasteiger partial charge on any atom is 0.160 e. The van der Waals surface area contributed by atoms with Gasteiger partial charge < -0.3 is 14.6 Å². The molecule has 2 aliphatic heterocycles. The summed E-state index contributed by atoms with van der Waals surface area (Å²) in [5.41, 5.74) is 2.01. The summed E-state index contributed by atoms with van der Waals surface area (Å²) >= 11 is 0. The lowest BCUT2D eigenvalue weighted by molar-refractivity contribution is 0.0969. The topological polar surface area (TPSA) is 52.0 Å². The van der Waals surface area contributed by atoms with E-state index in [1.54, 1.807) is 0 Å². The van der Waals surface area contributed by atoms with Crippen LogP contribution in [0.5, 0.6) is 0 Å². The highest BCUT2D eigenvalue weighted by Crippen LogP contribution is 2.21. The highest BCUT2D eigenvalue weighted by molar-refractivity contribution is 5.71. The Morgan fingerprint density at radius 3 is 3.09 bits per heavy atom. The quantitative estimate of drug-likeness (QED) is 0.941. The zero-order valence-corrected chi connectivity index (χ0v) is 13.0. The van der Waals surface area contributed by atoms with Crippen molar-refractivity contribution in [1.29, 1.82) is 0 Å². The molecule has 0 radical (unpaired) electrons. The first kappa shape index (κ1) is 14.2. The molecule has 2 unspecified atom stereocenters. The van der Waals surface area contributed by atoms with Gasteiger partial charge in [-0.3, -0.25) is 0 Å². The minimum Gasteiger partial charge on any atom is -0.376 e. The molecule has 22 heavy (non-hydrogen) atoms. The SMILES string of the molecule is c1cnc2c(c1)nc(CC1CCCCN1)n2CC1CCCO1. The van der Waals surface area contributed by atoms with Crippen LogP contribution in [0.25, 0.3) is 11.2 Å². The van der Waals surface area contributed by atoms with E-state index in [4.69, 9.17) is 9.72 Å². The Morgan fingerprint density at radius 1 is 1.27 bits per heavy atom. The Bertz CT molecular complexity index is 627. The average molecular weight is 300 g/mol. The molecule has 0 bridgehead atoms. The van der Waals surface area contributed by atoms with Gasteiger partial charge in [0.1, 0.15) is 11.3 Å². The Balaban J connectivity index is 1.62. The molecule has 5 heteroatoms. The lowest BCUT2D eigenvalue weighted by Gasteiger charge is -2.23. The summed E-state index contributed by atoms with van der Waals surface area (Å²) in [5.74, 6) is 1.16. The molecular formula is C17H24N4O. The zero-order chi connectivity index (χ0) is 14.8. The fourth-order valence-electron chi connectivity index (χ4n) is 3.66. The molecule has 2 fully saturated rings. The van der Waals surface area contributed by atoms with Crippen LogP contribution in [-0.4, -0.2) is 39.8 Å². The molecular weight excluding hydrogens is 276 g/mol. The van der Waals surface area contributed by atoms with Gasteiger partial charge in [0.15, 0.2) is 5.65 Å². The van der Waals surface area contributed by atoms with E-state index in [1.807, 2.05) is 12.3 Å². The van der Waals surface area contributed by atoms with Crippen molar-refractivity contribution in [3.05, 3.63) is 24.2 Å². The van der Waals surface area contributed by atoms with E-state index >= 15 is 0 Å². The number of nitrogens with one attached hydrogen (secondary N) is 1. The third kappa shape index (κ3) is 2.88. The minimum atomic E-state index is 0.317. The van der Waals surface area contributed by atoms with Crippen LogP contribution < -0.4 is 5.32 Å². The lowest BCUT2D eigenvalue weighted by atomic mass is 10.0. The van der Waals surface area contributed by atoms with E-state index in [9.17, 15) is 0 Å². The number of hydrogen-bond acceptors (Lipinski definition) is 4. The second kappa shape index (κ2) is 6.34. The van der Waals surface area contributed by atoms with E-state index < -0.39 is 0 Å². The standard InChI is InChI=1S/C17H24N4O/c1-2-8-18-13(5-1)11-16-20-15-7-3-9-19-17(15)21(16)12-14-6-4-10-22-14/h3,7,9,13-14,18H,1-2,4-6,8,10-12H2. The summed E-state index contributed by atoms with van der Waals surface area (Å²) < 4.78 is 8.12. The molecule has 2 saturated heterocycles. The third-order valence-electron chi connectivity index (χ3n) is 4.83. The van der Waals surface area contributed by atoms with Gasteiger partial charge >= 0.3 is 0 Å². The van der Waals surface area contributed by atoms with Crippen LogP contribution in [0.1, 0.15) is 37.9 Å². The number of rotatable bonds is 4. The molecule has 2 aliphatic rings. The molecule has 5 nitrogen and oxygen atoms in total. The molecule has 0 saturated carbocycles. The van der Waals surface area contributed by atoms with Gasteiger partial charge in [-0.25, -0.2) is 9.97 Å². The van der Waals surface area contributed by atoms with Crippen LogP contribution >= 0.6 is 0 Å². The van der Waals surface area contributed by atoms with E-state index in [0.29, 0.717) is 12.1 Å². The number of piperidine rings is 1. The normalized spacial score (nSPS) is 25.8. The van der Waals surface area contributed by atoms with Gasteiger partial charge in [-0.05, 0) is 44.4 Å². The molecule has 0 aliphatic carbocycles. The molecule has 4 rings (SSSR count). The van der Waals surface area contributed by atoms with Crippen LogP contribution in [0.15, 0.2) is 18.3 Å². The van der Waals surface area contributed by atoms with Gasteiger partial charge in [0.25, 0.3) is 0 Å².